The summed E-state index contributed by atoms with van der Waals surface area (Å²) in [6, 6.07) is 68.2. The zero-order chi connectivity index (χ0) is 31.9. The van der Waals surface area contributed by atoms with Gasteiger partial charge in [0.1, 0.15) is 0 Å². The van der Waals surface area contributed by atoms with Gasteiger partial charge in [-0.3, -0.25) is 0 Å². The third-order valence-electron chi connectivity index (χ3n) is 9.26. The van der Waals surface area contributed by atoms with Crippen molar-refractivity contribution in [3.63, 3.8) is 0 Å². The Kier molecular flexibility index (Phi) is 7.07. The second-order valence-corrected chi connectivity index (χ2v) is 13.2. The summed E-state index contributed by atoms with van der Waals surface area (Å²) in [6.45, 7) is 0. The van der Waals surface area contributed by atoms with E-state index in [9.17, 15) is 0 Å². The molecular weight excluding hydrogens is 599 g/mol. The Bertz CT molecular complexity index is 2560. The number of nitrogens with zero attached hydrogens (tertiary/aromatic N) is 1. The summed E-state index contributed by atoms with van der Waals surface area (Å²) >= 11 is 1.88. The lowest BCUT2D eigenvalue weighted by atomic mass is 9.94. The maximum Gasteiger partial charge on any atom is 0.0546 e. The molecule has 1 nitrogen and oxygen atoms in total. The molecule has 0 saturated carbocycles. The fourth-order valence-corrected chi connectivity index (χ4v) is 8.20. The van der Waals surface area contributed by atoms with Crippen LogP contribution in [-0.2, 0) is 0 Å². The van der Waals surface area contributed by atoms with Crippen molar-refractivity contribution in [1.82, 2.24) is 0 Å². The van der Waals surface area contributed by atoms with E-state index in [2.05, 4.69) is 193 Å². The molecular formula is C46H31NS. The lowest BCUT2D eigenvalue weighted by Gasteiger charge is -2.30. The largest absolute Gasteiger partial charge is 0.309 e. The normalized spacial score (nSPS) is 11.3. The number of benzene rings is 8. The first-order valence-electron chi connectivity index (χ1n) is 16.4. The third-order valence-corrected chi connectivity index (χ3v) is 10.5. The van der Waals surface area contributed by atoms with Gasteiger partial charge in [0.05, 0.1) is 11.4 Å². The van der Waals surface area contributed by atoms with E-state index in [1.54, 1.807) is 0 Å². The maximum absolute atomic E-state index is 2.45. The molecule has 1 heterocycles. The van der Waals surface area contributed by atoms with Crippen LogP contribution in [0.1, 0.15) is 0 Å². The van der Waals surface area contributed by atoms with E-state index in [4.69, 9.17) is 0 Å². The van der Waals surface area contributed by atoms with E-state index < -0.39 is 0 Å². The van der Waals surface area contributed by atoms with Crippen LogP contribution in [-0.4, -0.2) is 0 Å². The highest BCUT2D eigenvalue weighted by Gasteiger charge is 2.22. The molecule has 0 aliphatic carbocycles. The van der Waals surface area contributed by atoms with E-state index in [1.165, 1.54) is 64.3 Å². The van der Waals surface area contributed by atoms with Crippen LogP contribution in [0.2, 0.25) is 0 Å². The van der Waals surface area contributed by atoms with E-state index in [-0.39, 0.29) is 0 Å². The first-order chi connectivity index (χ1) is 23.8. The summed E-state index contributed by atoms with van der Waals surface area (Å²) in [7, 11) is 0. The lowest BCUT2D eigenvalue weighted by molar-refractivity contribution is 1.28. The lowest BCUT2D eigenvalue weighted by Crippen LogP contribution is -2.12. The Morgan fingerprint density at radius 2 is 1.00 bits per heavy atom. The molecule has 9 rings (SSSR count). The van der Waals surface area contributed by atoms with Crippen molar-refractivity contribution in [3.05, 3.63) is 188 Å². The maximum atomic E-state index is 2.45. The van der Waals surface area contributed by atoms with Crippen LogP contribution in [0.15, 0.2) is 188 Å². The van der Waals surface area contributed by atoms with Crippen LogP contribution in [0.3, 0.4) is 0 Å². The van der Waals surface area contributed by atoms with E-state index in [0.717, 1.165) is 17.1 Å². The highest BCUT2D eigenvalue weighted by molar-refractivity contribution is 7.26. The number of hydrogen-bond donors (Lipinski definition) is 0. The molecule has 0 fully saturated rings. The Labute approximate surface area is 284 Å². The Hall–Kier alpha value is -5.96. The predicted molar refractivity (Wildman–Crippen MR) is 208 cm³/mol. The summed E-state index contributed by atoms with van der Waals surface area (Å²) in [5.41, 5.74) is 10.6. The Morgan fingerprint density at radius 1 is 0.354 bits per heavy atom. The molecule has 0 atom stereocenters. The first kappa shape index (κ1) is 28.3. The molecule has 0 amide bonds. The van der Waals surface area contributed by atoms with Gasteiger partial charge in [-0.15, -0.1) is 11.3 Å². The minimum atomic E-state index is 1.11. The van der Waals surface area contributed by atoms with Crippen LogP contribution in [0.5, 0.6) is 0 Å². The second-order valence-electron chi connectivity index (χ2n) is 12.1. The quantitative estimate of drug-likeness (QED) is 0.177. The van der Waals surface area contributed by atoms with Gasteiger partial charge < -0.3 is 4.90 Å². The van der Waals surface area contributed by atoms with Crippen molar-refractivity contribution in [3.8, 4) is 33.4 Å². The summed E-state index contributed by atoms with van der Waals surface area (Å²) in [4.78, 5) is 2.45. The van der Waals surface area contributed by atoms with Crippen LogP contribution in [0, 0.1) is 0 Å². The summed E-state index contributed by atoms with van der Waals surface area (Å²) in [5.74, 6) is 0. The van der Waals surface area contributed by atoms with Crippen molar-refractivity contribution in [2.75, 3.05) is 4.90 Å². The molecule has 0 saturated heterocycles. The molecule has 2 heteroatoms. The van der Waals surface area contributed by atoms with Gasteiger partial charge in [-0.2, -0.15) is 0 Å². The number of anilines is 3. The van der Waals surface area contributed by atoms with Crippen molar-refractivity contribution in [2.45, 2.75) is 0 Å². The molecule has 0 aliphatic rings. The number of para-hydroxylation sites is 2. The molecule has 0 radical (unpaired) electrons. The molecule has 0 spiro atoms. The van der Waals surface area contributed by atoms with Gasteiger partial charge in [-0.05, 0) is 63.9 Å². The molecule has 0 bridgehead atoms. The molecule has 0 unspecified atom stereocenters. The van der Waals surface area contributed by atoms with Crippen molar-refractivity contribution in [2.24, 2.45) is 0 Å². The molecule has 1 aromatic heterocycles. The fraction of sp³-hybridized carbons (Fsp3) is 0. The minimum absolute atomic E-state index is 1.11. The van der Waals surface area contributed by atoms with Gasteiger partial charge in [0.2, 0.25) is 0 Å². The van der Waals surface area contributed by atoms with Gasteiger partial charge in [-0.1, -0.05) is 152 Å². The SMILES string of the molecule is c1ccc(-c2ccc(-c3ccc4ccccc4c3)cc2N(c2ccccc2)c2ccccc2-c2cccc3c2sc2ccccc23)cc1. The first-order valence-corrected chi connectivity index (χ1v) is 17.2. The average Bonchev–Trinajstić information content (AvgIpc) is 3.55. The number of rotatable bonds is 6. The van der Waals surface area contributed by atoms with Crippen LogP contribution >= 0.6 is 11.3 Å². The average molecular weight is 630 g/mol. The van der Waals surface area contributed by atoms with Gasteiger partial charge in [0.25, 0.3) is 0 Å². The Morgan fingerprint density at radius 3 is 1.88 bits per heavy atom. The van der Waals surface area contributed by atoms with Gasteiger partial charge in [0, 0.05) is 42.6 Å². The number of fused-ring (bicyclic) bond motifs is 4. The fourth-order valence-electron chi connectivity index (χ4n) is 6.97. The van der Waals surface area contributed by atoms with Crippen LogP contribution in [0.4, 0.5) is 17.1 Å². The zero-order valence-corrected chi connectivity index (χ0v) is 27.1. The smallest absolute Gasteiger partial charge is 0.0546 e. The molecule has 9 aromatic rings. The van der Waals surface area contributed by atoms with Gasteiger partial charge in [0.15, 0.2) is 0 Å². The molecule has 226 valence electrons. The predicted octanol–water partition coefficient (Wildman–Crippen LogP) is 13.7. The zero-order valence-electron chi connectivity index (χ0n) is 26.3. The monoisotopic (exact) mass is 629 g/mol. The van der Waals surface area contributed by atoms with E-state index >= 15 is 0 Å². The molecule has 48 heavy (non-hydrogen) atoms. The van der Waals surface area contributed by atoms with Crippen LogP contribution < -0.4 is 4.90 Å². The van der Waals surface area contributed by atoms with Crippen molar-refractivity contribution in [1.29, 1.82) is 0 Å². The van der Waals surface area contributed by atoms with Crippen LogP contribution in [0.25, 0.3) is 64.3 Å². The van der Waals surface area contributed by atoms with Crippen molar-refractivity contribution < 1.29 is 0 Å². The highest BCUT2D eigenvalue weighted by atomic mass is 32.1. The highest BCUT2D eigenvalue weighted by Crippen LogP contribution is 2.48. The second kappa shape index (κ2) is 12.0. The Balaban J connectivity index is 1.31. The van der Waals surface area contributed by atoms with Gasteiger partial charge in [-0.25, -0.2) is 0 Å². The topological polar surface area (TPSA) is 3.24 Å². The van der Waals surface area contributed by atoms with Gasteiger partial charge >= 0.3 is 0 Å². The van der Waals surface area contributed by atoms with E-state index in [1.807, 2.05) is 11.3 Å². The standard InChI is InChI=1S/C46H31NS/c1-3-15-33(16-4-1)38-29-28-36(35-27-26-32-14-7-8-17-34(32)30-35)31-44(38)47(37-18-5-2-6-19-37)43-24-11-9-20-39(43)41-22-13-23-42-40-21-10-12-25-45(40)48-46(41)42/h1-31H. The van der Waals surface area contributed by atoms with E-state index in [0.29, 0.717) is 0 Å². The summed E-state index contributed by atoms with van der Waals surface area (Å²) in [6.07, 6.45) is 0. The molecule has 8 aromatic carbocycles. The molecule has 0 aliphatic heterocycles. The molecule has 0 N–H and O–H groups in total. The number of thiophene rings is 1. The minimum Gasteiger partial charge on any atom is -0.309 e. The van der Waals surface area contributed by atoms with Crippen molar-refractivity contribution >= 4 is 59.3 Å². The summed E-state index contributed by atoms with van der Waals surface area (Å²) < 4.78 is 2.62. The third kappa shape index (κ3) is 4.95. The summed E-state index contributed by atoms with van der Waals surface area (Å²) in [5, 5.41) is 5.10. The number of hydrogen-bond acceptors (Lipinski definition) is 2.